The number of piperidine rings is 1. The molecule has 2 aromatic rings. The normalized spacial score (nSPS) is 15.8. The maximum absolute atomic E-state index is 13.7. The molecule has 0 radical (unpaired) electrons. The van der Waals surface area contributed by atoms with Crippen LogP contribution >= 0.6 is 0 Å². The van der Waals surface area contributed by atoms with Crippen LogP contribution in [0.1, 0.15) is 81.8 Å². The molecule has 1 atom stereocenters. The Balaban J connectivity index is 2.04. The van der Waals surface area contributed by atoms with E-state index in [0.717, 1.165) is 40.9 Å². The SMILES string of the molecule is C/C=C/C(=C\C(C)CC)c1ccc(N(/C=C(/C)CC)c2cc(OC)c(C(=O)N3CCC(OC(F)(F)F)CC3)c(OC)c2)c(C)c1. The predicted octanol–water partition coefficient (Wildman–Crippen LogP) is 9.61. The summed E-state index contributed by atoms with van der Waals surface area (Å²) in [6.45, 7) is 12.9. The third-order valence-corrected chi connectivity index (χ3v) is 8.16. The van der Waals surface area contributed by atoms with Crippen molar-refractivity contribution >= 4 is 22.9 Å². The molecule has 0 aliphatic carbocycles. The second kappa shape index (κ2) is 16.0. The number of benzene rings is 2. The lowest BCUT2D eigenvalue weighted by atomic mass is 9.96. The summed E-state index contributed by atoms with van der Waals surface area (Å²) in [6, 6.07) is 10.0. The second-order valence-corrected chi connectivity index (χ2v) is 11.5. The van der Waals surface area contributed by atoms with Crippen LogP contribution in [0.3, 0.4) is 0 Å². The molecule has 0 N–H and O–H groups in total. The van der Waals surface area contributed by atoms with Crippen molar-refractivity contribution in [2.24, 2.45) is 5.92 Å². The molecule has 2 aromatic carbocycles. The fraction of sp³-hybridized carbons (Fsp3) is 0.472. The zero-order valence-electron chi connectivity index (χ0n) is 27.8. The number of nitrogens with zero attached hydrogens (tertiary/aromatic N) is 2. The molecule has 1 heterocycles. The minimum atomic E-state index is -4.70. The van der Waals surface area contributed by atoms with Crippen molar-refractivity contribution in [3.63, 3.8) is 0 Å². The number of carbonyl (C=O) groups is 1. The summed E-state index contributed by atoms with van der Waals surface area (Å²) in [5.41, 5.74) is 6.45. The third-order valence-electron chi connectivity index (χ3n) is 8.16. The Kier molecular flexibility index (Phi) is 12.7. The van der Waals surface area contributed by atoms with E-state index in [-0.39, 0.29) is 37.4 Å². The molecule has 0 bridgehead atoms. The summed E-state index contributed by atoms with van der Waals surface area (Å²) in [4.78, 5) is 17.3. The molecule has 0 saturated carbocycles. The van der Waals surface area contributed by atoms with Gasteiger partial charge in [0.2, 0.25) is 0 Å². The molecule has 6 nitrogen and oxygen atoms in total. The average molecular weight is 629 g/mol. The predicted molar refractivity (Wildman–Crippen MR) is 175 cm³/mol. The Bertz CT molecular complexity index is 1380. The minimum Gasteiger partial charge on any atom is -0.496 e. The van der Waals surface area contributed by atoms with Gasteiger partial charge in [-0.3, -0.25) is 9.53 Å². The number of alkyl halides is 3. The fourth-order valence-corrected chi connectivity index (χ4v) is 5.32. The molecule has 1 fully saturated rings. The molecule has 1 amide bonds. The van der Waals surface area contributed by atoms with Crippen molar-refractivity contribution in [1.29, 1.82) is 0 Å². The number of ether oxygens (including phenoxy) is 3. The Morgan fingerprint density at radius 1 is 1.09 bits per heavy atom. The van der Waals surface area contributed by atoms with Gasteiger partial charge in [-0.2, -0.15) is 0 Å². The molecule has 246 valence electrons. The van der Waals surface area contributed by atoms with Gasteiger partial charge in [0.25, 0.3) is 5.91 Å². The molecule has 45 heavy (non-hydrogen) atoms. The Labute approximate surface area is 266 Å². The Morgan fingerprint density at radius 2 is 1.71 bits per heavy atom. The van der Waals surface area contributed by atoms with Crippen molar-refractivity contribution in [2.45, 2.75) is 79.7 Å². The zero-order chi connectivity index (χ0) is 33.3. The lowest BCUT2D eigenvalue weighted by Gasteiger charge is -2.33. The highest BCUT2D eigenvalue weighted by atomic mass is 19.4. The first kappa shape index (κ1) is 35.8. The number of aryl methyl sites for hydroxylation is 1. The van der Waals surface area contributed by atoms with Crippen molar-refractivity contribution in [1.82, 2.24) is 4.90 Å². The van der Waals surface area contributed by atoms with Gasteiger partial charge in [-0.25, -0.2) is 0 Å². The highest BCUT2D eigenvalue weighted by Crippen LogP contribution is 2.40. The van der Waals surface area contributed by atoms with E-state index in [2.05, 4.69) is 86.9 Å². The van der Waals surface area contributed by atoms with Crippen molar-refractivity contribution in [3.8, 4) is 11.5 Å². The van der Waals surface area contributed by atoms with E-state index in [0.29, 0.717) is 17.4 Å². The van der Waals surface area contributed by atoms with Crippen LogP contribution in [0.25, 0.3) is 5.57 Å². The number of halogens is 3. The molecule has 9 heteroatoms. The summed E-state index contributed by atoms with van der Waals surface area (Å²) < 4.78 is 53.8. The van der Waals surface area contributed by atoms with Gasteiger partial charge in [0.1, 0.15) is 17.1 Å². The highest BCUT2D eigenvalue weighted by Gasteiger charge is 2.36. The van der Waals surface area contributed by atoms with Gasteiger partial charge >= 0.3 is 6.36 Å². The summed E-state index contributed by atoms with van der Waals surface area (Å²) in [7, 11) is 2.98. The maximum Gasteiger partial charge on any atom is 0.522 e. The molecule has 1 aliphatic heterocycles. The summed E-state index contributed by atoms with van der Waals surface area (Å²) in [5, 5.41) is 0. The smallest absolute Gasteiger partial charge is 0.496 e. The van der Waals surface area contributed by atoms with Crippen LogP contribution in [0.4, 0.5) is 24.5 Å². The third kappa shape index (κ3) is 9.39. The second-order valence-electron chi connectivity index (χ2n) is 11.5. The largest absolute Gasteiger partial charge is 0.522 e. The fourth-order valence-electron chi connectivity index (χ4n) is 5.32. The number of hydrogen-bond donors (Lipinski definition) is 0. The van der Waals surface area contributed by atoms with E-state index < -0.39 is 12.5 Å². The number of carbonyl (C=O) groups excluding carboxylic acids is 1. The first-order chi connectivity index (χ1) is 21.3. The van der Waals surface area contributed by atoms with E-state index >= 15 is 0 Å². The lowest BCUT2D eigenvalue weighted by molar-refractivity contribution is -0.345. The molecule has 1 aliphatic rings. The van der Waals surface area contributed by atoms with Crippen LogP contribution < -0.4 is 14.4 Å². The van der Waals surface area contributed by atoms with E-state index in [1.807, 2.05) is 6.92 Å². The van der Waals surface area contributed by atoms with Gasteiger partial charge in [0.05, 0.1) is 26.0 Å². The van der Waals surface area contributed by atoms with E-state index in [1.54, 1.807) is 12.1 Å². The zero-order valence-corrected chi connectivity index (χ0v) is 27.8. The van der Waals surface area contributed by atoms with Gasteiger partial charge in [-0.1, -0.05) is 57.1 Å². The summed E-state index contributed by atoms with van der Waals surface area (Å²) in [6.07, 6.45) is 4.95. The van der Waals surface area contributed by atoms with Gasteiger partial charge in [-0.15, -0.1) is 13.2 Å². The van der Waals surface area contributed by atoms with Crippen molar-refractivity contribution < 1.29 is 32.2 Å². The molecule has 3 rings (SSSR count). The van der Waals surface area contributed by atoms with E-state index in [1.165, 1.54) is 24.7 Å². The van der Waals surface area contributed by atoms with Gasteiger partial charge in [0, 0.05) is 37.1 Å². The highest BCUT2D eigenvalue weighted by molar-refractivity contribution is 6.01. The first-order valence-electron chi connectivity index (χ1n) is 15.6. The van der Waals surface area contributed by atoms with Crippen molar-refractivity contribution in [3.05, 3.63) is 77.0 Å². The molecule has 0 spiro atoms. The van der Waals surface area contributed by atoms with Crippen LogP contribution in [-0.2, 0) is 4.74 Å². The topological polar surface area (TPSA) is 51.2 Å². The summed E-state index contributed by atoms with van der Waals surface area (Å²) >= 11 is 0. The Morgan fingerprint density at radius 3 is 2.20 bits per heavy atom. The number of rotatable bonds is 12. The van der Waals surface area contributed by atoms with E-state index in [9.17, 15) is 18.0 Å². The van der Waals surface area contributed by atoms with Crippen LogP contribution in [0.2, 0.25) is 0 Å². The van der Waals surface area contributed by atoms with Crippen LogP contribution in [0.5, 0.6) is 11.5 Å². The van der Waals surface area contributed by atoms with Crippen LogP contribution in [-0.4, -0.2) is 50.6 Å². The number of amides is 1. The number of methoxy groups -OCH3 is 2. The number of anilines is 2. The maximum atomic E-state index is 13.7. The molecular formula is C36H47F3N2O4. The lowest BCUT2D eigenvalue weighted by Crippen LogP contribution is -2.42. The molecule has 1 unspecified atom stereocenters. The van der Waals surface area contributed by atoms with Crippen LogP contribution in [0.15, 0.2) is 60.3 Å². The number of likely N-dealkylation sites (tertiary alicyclic amines) is 1. The van der Waals surface area contributed by atoms with Gasteiger partial charge in [0.15, 0.2) is 0 Å². The average Bonchev–Trinajstić information content (AvgIpc) is 3.01. The molecule has 0 aromatic heterocycles. The quantitative estimate of drug-likeness (QED) is 0.219. The number of allylic oxidation sites excluding steroid dienone is 5. The standard InChI is InChI=1S/C36H47F3N2O4/c1-9-12-27(19-24(4)10-2)28-13-14-31(26(6)20-28)41(23-25(5)11-3)29-21-32(43-7)34(33(22-29)44-8)35(42)40-17-15-30(16-18-40)45-36(37,38)39/h9,12-14,19-24,30H,10-11,15-18H2,1-8H3/b12-9+,25-23-,27-19+. The van der Waals surface area contributed by atoms with E-state index in [4.69, 9.17) is 9.47 Å². The molecule has 1 saturated heterocycles. The van der Waals surface area contributed by atoms with Gasteiger partial charge in [-0.05, 0) is 74.8 Å². The van der Waals surface area contributed by atoms with Crippen molar-refractivity contribution in [2.75, 3.05) is 32.2 Å². The Hall–Kier alpha value is -3.72. The number of hydrogen-bond acceptors (Lipinski definition) is 5. The monoisotopic (exact) mass is 628 g/mol. The minimum absolute atomic E-state index is 0.0837. The summed E-state index contributed by atoms with van der Waals surface area (Å²) in [5.74, 6) is 0.717. The first-order valence-corrected chi connectivity index (χ1v) is 15.6. The molecular weight excluding hydrogens is 581 g/mol. The van der Waals surface area contributed by atoms with Crippen LogP contribution in [0, 0.1) is 12.8 Å². The van der Waals surface area contributed by atoms with Gasteiger partial charge < -0.3 is 19.3 Å².